The molecule has 0 aliphatic carbocycles. The second kappa shape index (κ2) is 10.6. The van der Waals surface area contributed by atoms with E-state index in [1.807, 2.05) is 120 Å². The highest BCUT2D eigenvalue weighted by atomic mass is 32.2. The van der Waals surface area contributed by atoms with Gasteiger partial charge in [0.1, 0.15) is 24.8 Å². The zero-order valence-corrected chi connectivity index (χ0v) is 21.2. The van der Waals surface area contributed by atoms with Gasteiger partial charge in [0.2, 0.25) is 0 Å². The van der Waals surface area contributed by atoms with E-state index in [4.69, 9.17) is 0 Å². The number of imidazole rings is 2. The highest BCUT2D eigenvalue weighted by Gasteiger charge is 2.23. The van der Waals surface area contributed by atoms with Gasteiger partial charge in [-0.25, -0.2) is 18.3 Å². The van der Waals surface area contributed by atoms with Gasteiger partial charge in [-0.1, -0.05) is 11.8 Å². The normalized spacial score (nSPS) is 10.9. The molecular weight excluding hydrogens is 460 g/mol. The number of rotatable bonds is 8. The maximum absolute atomic E-state index is 12.7. The van der Waals surface area contributed by atoms with E-state index in [-0.39, 0.29) is 11.8 Å². The molecule has 4 rings (SSSR count). The monoisotopic (exact) mass is 490 g/mol. The Morgan fingerprint density at radius 3 is 1.43 bits per heavy atom. The van der Waals surface area contributed by atoms with E-state index in [0.29, 0.717) is 11.6 Å². The number of carbonyl (C=O) groups is 2. The molecule has 35 heavy (non-hydrogen) atoms. The van der Waals surface area contributed by atoms with Gasteiger partial charge in [0, 0.05) is 21.2 Å². The van der Waals surface area contributed by atoms with Crippen molar-refractivity contribution in [2.45, 2.75) is 36.7 Å². The SMILES string of the molecule is CCn1cc[n+](C)c1C(=O)Nc1ccc(Sc2ccc(NC(=O)c3n(CC)cc[n+]3C)cc2)cc1. The fourth-order valence-electron chi connectivity index (χ4n) is 3.86. The van der Waals surface area contributed by atoms with Crippen LogP contribution in [0, 0.1) is 0 Å². The average molecular weight is 491 g/mol. The van der Waals surface area contributed by atoms with Crippen molar-refractivity contribution < 1.29 is 18.7 Å². The first-order valence-electron chi connectivity index (χ1n) is 11.5. The summed E-state index contributed by atoms with van der Waals surface area (Å²) in [5.74, 6) is 0.930. The van der Waals surface area contributed by atoms with E-state index in [1.54, 1.807) is 11.8 Å². The van der Waals surface area contributed by atoms with Crippen LogP contribution in [-0.4, -0.2) is 20.9 Å². The Kier molecular flexibility index (Phi) is 7.36. The molecule has 180 valence electrons. The van der Waals surface area contributed by atoms with Gasteiger partial charge >= 0.3 is 23.5 Å². The van der Waals surface area contributed by atoms with Gasteiger partial charge in [0.15, 0.2) is 0 Å². The summed E-state index contributed by atoms with van der Waals surface area (Å²) in [6.45, 7) is 5.47. The smallest absolute Gasteiger partial charge is 0.315 e. The molecule has 0 spiro atoms. The van der Waals surface area contributed by atoms with Crippen molar-refractivity contribution in [1.29, 1.82) is 0 Å². The van der Waals surface area contributed by atoms with Crippen LogP contribution in [0.2, 0.25) is 0 Å². The predicted molar refractivity (Wildman–Crippen MR) is 135 cm³/mol. The number of carbonyl (C=O) groups excluding carboxylic acids is 2. The van der Waals surface area contributed by atoms with Crippen molar-refractivity contribution in [3.05, 3.63) is 85.0 Å². The Balaban J connectivity index is 1.36. The third kappa shape index (κ3) is 5.46. The van der Waals surface area contributed by atoms with Crippen molar-refractivity contribution in [2.75, 3.05) is 10.6 Å². The van der Waals surface area contributed by atoms with Crippen LogP contribution >= 0.6 is 11.8 Å². The van der Waals surface area contributed by atoms with Gasteiger partial charge in [-0.3, -0.25) is 9.59 Å². The van der Waals surface area contributed by atoms with Gasteiger partial charge < -0.3 is 10.6 Å². The van der Waals surface area contributed by atoms with Crippen molar-refractivity contribution in [2.24, 2.45) is 14.1 Å². The molecule has 0 fully saturated rings. The van der Waals surface area contributed by atoms with E-state index in [2.05, 4.69) is 10.6 Å². The van der Waals surface area contributed by atoms with Gasteiger partial charge in [-0.05, 0) is 62.4 Å². The van der Waals surface area contributed by atoms with Gasteiger partial charge in [-0.2, -0.15) is 0 Å². The Morgan fingerprint density at radius 1 is 0.714 bits per heavy atom. The maximum atomic E-state index is 12.7. The van der Waals surface area contributed by atoms with Crippen LogP contribution in [-0.2, 0) is 27.2 Å². The molecular formula is C26H30N6O2S+2. The predicted octanol–water partition coefficient (Wildman–Crippen LogP) is 3.63. The number of anilines is 2. The van der Waals surface area contributed by atoms with E-state index in [9.17, 15) is 9.59 Å². The minimum atomic E-state index is -0.141. The molecule has 0 radical (unpaired) electrons. The molecule has 0 aliphatic rings. The number of hydrogen-bond donors (Lipinski definition) is 2. The van der Waals surface area contributed by atoms with Crippen LogP contribution in [0.15, 0.2) is 83.1 Å². The minimum Gasteiger partial charge on any atom is -0.315 e. The molecule has 2 amide bonds. The summed E-state index contributed by atoms with van der Waals surface area (Å²) in [4.78, 5) is 27.5. The standard InChI is InChI=1S/C26H28N6O2S/c1-5-31-17-15-29(3)25(31)23(33)27-19-7-11-21(12-8-19)35-22-13-9-20(10-14-22)28-24(34)26-30(4)16-18-32(26)6-2/h7-18H,5-6H2,1-4H3/p+2. The molecule has 2 heterocycles. The molecule has 0 saturated carbocycles. The lowest BCUT2D eigenvalue weighted by atomic mass is 10.3. The summed E-state index contributed by atoms with van der Waals surface area (Å²) in [5.41, 5.74) is 1.48. The highest BCUT2D eigenvalue weighted by molar-refractivity contribution is 7.99. The van der Waals surface area contributed by atoms with Gasteiger partial charge in [0.25, 0.3) is 0 Å². The number of aromatic nitrogens is 4. The second-order valence-electron chi connectivity index (χ2n) is 8.10. The minimum absolute atomic E-state index is 0.141. The Morgan fingerprint density at radius 2 is 1.09 bits per heavy atom. The fraction of sp³-hybridized carbons (Fsp3) is 0.231. The molecule has 0 aliphatic heterocycles. The number of amides is 2. The molecule has 0 saturated heterocycles. The molecule has 2 aromatic carbocycles. The molecule has 9 heteroatoms. The van der Waals surface area contributed by atoms with Crippen LogP contribution < -0.4 is 19.8 Å². The van der Waals surface area contributed by atoms with Crippen LogP contribution in [0.25, 0.3) is 0 Å². The topological polar surface area (TPSA) is 75.8 Å². The lowest BCUT2D eigenvalue weighted by Gasteiger charge is -2.07. The third-order valence-electron chi connectivity index (χ3n) is 5.70. The van der Waals surface area contributed by atoms with Crippen molar-refractivity contribution in [3.8, 4) is 0 Å². The Hall–Kier alpha value is -3.85. The first kappa shape index (κ1) is 24.3. The van der Waals surface area contributed by atoms with Crippen LogP contribution in [0.3, 0.4) is 0 Å². The third-order valence-corrected chi connectivity index (χ3v) is 6.72. The highest BCUT2D eigenvalue weighted by Crippen LogP contribution is 2.29. The number of hydrogen-bond acceptors (Lipinski definition) is 3. The zero-order chi connectivity index (χ0) is 24.9. The summed E-state index contributed by atoms with van der Waals surface area (Å²) in [6.07, 6.45) is 7.54. The first-order valence-corrected chi connectivity index (χ1v) is 12.3. The summed E-state index contributed by atoms with van der Waals surface area (Å²) >= 11 is 1.61. The van der Waals surface area contributed by atoms with Crippen molar-refractivity contribution >= 4 is 35.0 Å². The van der Waals surface area contributed by atoms with Crippen LogP contribution in [0.4, 0.5) is 11.4 Å². The van der Waals surface area contributed by atoms with Gasteiger partial charge in [0.05, 0.1) is 27.2 Å². The number of aryl methyl sites for hydroxylation is 4. The molecule has 2 N–H and O–H groups in total. The molecule has 4 aromatic rings. The zero-order valence-electron chi connectivity index (χ0n) is 20.4. The molecule has 0 bridgehead atoms. The van der Waals surface area contributed by atoms with Crippen LogP contribution in [0.5, 0.6) is 0 Å². The Labute approximate surface area is 209 Å². The first-order chi connectivity index (χ1) is 16.9. The molecule has 8 nitrogen and oxygen atoms in total. The lowest BCUT2D eigenvalue weighted by Crippen LogP contribution is -2.37. The Bertz CT molecular complexity index is 1240. The quantitative estimate of drug-likeness (QED) is 0.371. The van der Waals surface area contributed by atoms with E-state index in [1.165, 1.54) is 0 Å². The molecule has 0 unspecified atom stereocenters. The lowest BCUT2D eigenvalue weighted by molar-refractivity contribution is -0.672. The number of benzene rings is 2. The van der Waals surface area contributed by atoms with Crippen molar-refractivity contribution in [1.82, 2.24) is 9.13 Å². The van der Waals surface area contributed by atoms with Gasteiger partial charge in [-0.15, -0.1) is 0 Å². The number of nitrogens with zero attached hydrogens (tertiary/aromatic N) is 4. The second-order valence-corrected chi connectivity index (χ2v) is 9.24. The van der Waals surface area contributed by atoms with E-state index < -0.39 is 0 Å². The summed E-state index contributed by atoms with van der Waals surface area (Å²) in [5, 5.41) is 5.93. The van der Waals surface area contributed by atoms with E-state index in [0.717, 1.165) is 34.3 Å². The molecule has 0 atom stereocenters. The molecule has 2 aromatic heterocycles. The van der Waals surface area contributed by atoms with Crippen LogP contribution in [0.1, 0.15) is 35.1 Å². The number of nitrogens with one attached hydrogen (secondary N) is 2. The van der Waals surface area contributed by atoms with Crippen molar-refractivity contribution in [3.63, 3.8) is 0 Å². The summed E-state index contributed by atoms with van der Waals surface area (Å²) in [7, 11) is 3.72. The maximum Gasteiger partial charge on any atom is 0.348 e. The fourth-order valence-corrected chi connectivity index (χ4v) is 4.68. The largest absolute Gasteiger partial charge is 0.348 e. The van der Waals surface area contributed by atoms with E-state index >= 15 is 0 Å². The average Bonchev–Trinajstić information content (AvgIpc) is 3.43. The summed E-state index contributed by atoms with van der Waals surface area (Å²) < 4.78 is 7.45. The summed E-state index contributed by atoms with van der Waals surface area (Å²) in [6, 6.07) is 15.5.